The summed E-state index contributed by atoms with van der Waals surface area (Å²) < 4.78 is 1.24. The lowest BCUT2D eigenvalue weighted by molar-refractivity contribution is 0.849. The molecule has 1 aliphatic heterocycles. The highest BCUT2D eigenvalue weighted by molar-refractivity contribution is 8.14. The highest BCUT2D eigenvalue weighted by Crippen LogP contribution is 2.32. The first kappa shape index (κ1) is 13.0. The zero-order chi connectivity index (χ0) is 14.2. The van der Waals surface area contributed by atoms with Crippen LogP contribution >= 0.6 is 23.1 Å². The Kier molecular flexibility index (Phi) is 3.28. The first-order chi connectivity index (χ1) is 10.3. The molecule has 4 heteroatoms. The lowest BCUT2D eigenvalue weighted by Crippen LogP contribution is -1.93. The number of nitrogens with zero attached hydrogens (tertiary/aromatic N) is 2. The van der Waals surface area contributed by atoms with E-state index in [1.54, 1.807) is 11.3 Å². The van der Waals surface area contributed by atoms with Crippen LogP contribution in [0.15, 0.2) is 53.0 Å². The van der Waals surface area contributed by atoms with Gasteiger partial charge >= 0.3 is 0 Å². The topological polar surface area (TPSA) is 25.2 Å². The van der Waals surface area contributed by atoms with Gasteiger partial charge in [0.05, 0.1) is 26.8 Å². The van der Waals surface area contributed by atoms with Gasteiger partial charge in [-0.05, 0) is 35.7 Å². The minimum atomic E-state index is 0.324. The first-order valence-corrected chi connectivity index (χ1v) is 8.77. The molecule has 1 unspecified atom stereocenters. The monoisotopic (exact) mass is 310 g/mol. The van der Waals surface area contributed by atoms with Gasteiger partial charge in [0.15, 0.2) is 0 Å². The van der Waals surface area contributed by atoms with Crippen LogP contribution in [0.25, 0.3) is 21.3 Å². The molecule has 0 aliphatic carbocycles. The molecule has 104 valence electrons. The van der Waals surface area contributed by atoms with Crippen molar-refractivity contribution in [2.24, 2.45) is 4.99 Å². The smallest absolute Gasteiger partial charge is 0.0852 e. The SMILES string of the molecule is CC1=NC(c2ccc(-c3ccc4scnc4c3)cc2)CS1. The Bertz CT molecular complexity index is 818. The quantitative estimate of drug-likeness (QED) is 0.652. The van der Waals surface area contributed by atoms with Crippen LogP contribution < -0.4 is 0 Å². The summed E-state index contributed by atoms with van der Waals surface area (Å²) >= 11 is 3.53. The van der Waals surface area contributed by atoms with Crippen molar-refractivity contribution in [2.45, 2.75) is 13.0 Å². The van der Waals surface area contributed by atoms with Crippen molar-refractivity contribution in [1.82, 2.24) is 4.98 Å². The molecule has 0 saturated carbocycles. The van der Waals surface area contributed by atoms with E-state index in [9.17, 15) is 0 Å². The molecule has 21 heavy (non-hydrogen) atoms. The summed E-state index contributed by atoms with van der Waals surface area (Å²) in [5.41, 5.74) is 6.74. The van der Waals surface area contributed by atoms with Crippen LogP contribution in [0.2, 0.25) is 0 Å². The number of benzene rings is 2. The van der Waals surface area contributed by atoms with E-state index in [1.807, 2.05) is 17.3 Å². The van der Waals surface area contributed by atoms with E-state index in [0.29, 0.717) is 6.04 Å². The Balaban J connectivity index is 1.66. The number of aliphatic imine (C=N–C) groups is 1. The molecule has 1 atom stereocenters. The van der Waals surface area contributed by atoms with Crippen LogP contribution in [0.4, 0.5) is 0 Å². The standard InChI is InChI=1S/C17H14N2S2/c1-11-19-16(9-20-11)13-4-2-12(3-5-13)14-6-7-17-15(8-14)18-10-21-17/h2-8,10,16H,9H2,1H3. The summed E-state index contributed by atoms with van der Waals surface area (Å²) in [7, 11) is 0. The zero-order valence-corrected chi connectivity index (χ0v) is 13.2. The van der Waals surface area contributed by atoms with Crippen molar-refractivity contribution in [3.05, 3.63) is 53.5 Å². The third kappa shape index (κ3) is 2.49. The number of aromatic nitrogens is 1. The molecule has 0 radical (unpaired) electrons. The molecule has 0 saturated heterocycles. The van der Waals surface area contributed by atoms with Gasteiger partial charge in [-0.25, -0.2) is 4.98 Å². The summed E-state index contributed by atoms with van der Waals surface area (Å²) in [5.74, 6) is 1.07. The van der Waals surface area contributed by atoms with Gasteiger partial charge in [0.1, 0.15) is 0 Å². The number of thiazole rings is 1. The molecule has 1 aliphatic rings. The van der Waals surface area contributed by atoms with E-state index in [2.05, 4.69) is 59.4 Å². The summed E-state index contributed by atoms with van der Waals surface area (Å²) in [6, 6.07) is 15.6. The molecular formula is C17H14N2S2. The highest BCUT2D eigenvalue weighted by Gasteiger charge is 2.17. The number of fused-ring (bicyclic) bond motifs is 1. The van der Waals surface area contributed by atoms with E-state index in [4.69, 9.17) is 0 Å². The van der Waals surface area contributed by atoms with Gasteiger partial charge in [-0.1, -0.05) is 30.3 Å². The normalized spacial score (nSPS) is 18.1. The number of rotatable bonds is 2. The Morgan fingerprint density at radius 3 is 2.62 bits per heavy atom. The largest absolute Gasteiger partial charge is 0.274 e. The Morgan fingerprint density at radius 2 is 1.86 bits per heavy atom. The fraction of sp³-hybridized carbons (Fsp3) is 0.176. The minimum absolute atomic E-state index is 0.324. The number of thioether (sulfide) groups is 1. The summed E-state index contributed by atoms with van der Waals surface area (Å²) in [6.07, 6.45) is 0. The van der Waals surface area contributed by atoms with Crippen molar-refractivity contribution >= 4 is 38.4 Å². The van der Waals surface area contributed by atoms with Gasteiger partial charge in [0, 0.05) is 5.75 Å². The molecule has 0 N–H and O–H groups in total. The Morgan fingerprint density at radius 1 is 1.05 bits per heavy atom. The van der Waals surface area contributed by atoms with Crippen molar-refractivity contribution < 1.29 is 0 Å². The maximum Gasteiger partial charge on any atom is 0.0852 e. The van der Waals surface area contributed by atoms with Crippen LogP contribution in [0, 0.1) is 0 Å². The number of hydrogen-bond donors (Lipinski definition) is 0. The summed E-state index contributed by atoms with van der Waals surface area (Å²) in [4.78, 5) is 9.06. The van der Waals surface area contributed by atoms with E-state index in [1.165, 1.54) is 26.4 Å². The second-order valence-electron chi connectivity index (χ2n) is 5.13. The predicted molar refractivity (Wildman–Crippen MR) is 93.4 cm³/mol. The fourth-order valence-electron chi connectivity index (χ4n) is 2.60. The molecule has 4 rings (SSSR count). The highest BCUT2D eigenvalue weighted by atomic mass is 32.2. The van der Waals surface area contributed by atoms with Gasteiger partial charge in [-0.15, -0.1) is 23.1 Å². The maximum absolute atomic E-state index is 4.67. The Hall–Kier alpha value is -1.65. The van der Waals surface area contributed by atoms with E-state index in [-0.39, 0.29) is 0 Å². The lowest BCUT2D eigenvalue weighted by Gasteiger charge is -2.08. The van der Waals surface area contributed by atoms with Crippen LogP contribution in [0.3, 0.4) is 0 Å². The molecule has 0 spiro atoms. The number of hydrogen-bond acceptors (Lipinski definition) is 4. The van der Waals surface area contributed by atoms with Crippen molar-refractivity contribution in [3.8, 4) is 11.1 Å². The Labute approximate surface area is 132 Å². The average Bonchev–Trinajstić information content (AvgIpc) is 3.15. The summed E-state index contributed by atoms with van der Waals surface area (Å²) in [6.45, 7) is 2.09. The fourth-order valence-corrected chi connectivity index (χ4v) is 4.13. The van der Waals surface area contributed by atoms with Crippen molar-refractivity contribution in [1.29, 1.82) is 0 Å². The molecule has 0 fully saturated rings. The third-order valence-electron chi connectivity index (χ3n) is 3.75. The molecule has 3 aromatic rings. The van der Waals surface area contributed by atoms with Crippen LogP contribution in [-0.4, -0.2) is 15.8 Å². The van der Waals surface area contributed by atoms with Crippen molar-refractivity contribution in [2.75, 3.05) is 5.75 Å². The summed E-state index contributed by atoms with van der Waals surface area (Å²) in [5, 5.41) is 1.19. The van der Waals surface area contributed by atoms with Gasteiger partial charge in [0.2, 0.25) is 0 Å². The van der Waals surface area contributed by atoms with E-state index < -0.39 is 0 Å². The van der Waals surface area contributed by atoms with E-state index >= 15 is 0 Å². The van der Waals surface area contributed by atoms with Crippen LogP contribution in [0.1, 0.15) is 18.5 Å². The average molecular weight is 310 g/mol. The second-order valence-corrected chi connectivity index (χ2v) is 7.23. The van der Waals surface area contributed by atoms with Gasteiger partial charge in [0.25, 0.3) is 0 Å². The molecule has 1 aromatic heterocycles. The predicted octanol–water partition coefficient (Wildman–Crippen LogP) is 5.17. The third-order valence-corrected chi connectivity index (χ3v) is 5.56. The second kappa shape index (κ2) is 5.28. The molecule has 2 nitrogen and oxygen atoms in total. The minimum Gasteiger partial charge on any atom is -0.274 e. The molecule has 0 amide bonds. The molecular weight excluding hydrogens is 296 g/mol. The van der Waals surface area contributed by atoms with Gasteiger partial charge in [-0.2, -0.15) is 0 Å². The van der Waals surface area contributed by atoms with Crippen LogP contribution in [-0.2, 0) is 0 Å². The molecule has 2 aromatic carbocycles. The maximum atomic E-state index is 4.67. The van der Waals surface area contributed by atoms with Gasteiger partial charge < -0.3 is 0 Å². The lowest BCUT2D eigenvalue weighted by atomic mass is 10.0. The molecule has 0 bridgehead atoms. The first-order valence-electron chi connectivity index (χ1n) is 6.90. The van der Waals surface area contributed by atoms with Crippen LogP contribution in [0.5, 0.6) is 0 Å². The van der Waals surface area contributed by atoms with E-state index in [0.717, 1.165) is 11.3 Å². The molecule has 2 heterocycles. The van der Waals surface area contributed by atoms with Gasteiger partial charge in [-0.3, -0.25) is 4.99 Å². The van der Waals surface area contributed by atoms with Crippen molar-refractivity contribution in [3.63, 3.8) is 0 Å². The zero-order valence-electron chi connectivity index (χ0n) is 11.6.